The number of nitrogens with two attached hydrogens (primary N) is 3. The highest BCUT2D eigenvalue weighted by Crippen LogP contribution is 2.04. The molecule has 0 aliphatic carbocycles. The zero-order chi connectivity index (χ0) is 26.5. The van der Waals surface area contributed by atoms with Crippen molar-refractivity contribution < 1.29 is 33.9 Å². The molecule has 0 aromatic carbocycles. The third-order valence-electron chi connectivity index (χ3n) is 4.64. The predicted octanol–water partition coefficient (Wildman–Crippen LogP) is -3.68. The molecule has 4 atom stereocenters. The van der Waals surface area contributed by atoms with Gasteiger partial charge < -0.3 is 43.2 Å². The van der Waals surface area contributed by atoms with Gasteiger partial charge in [-0.05, 0) is 18.4 Å². The number of aliphatic carboxylic acids is 1. The summed E-state index contributed by atoms with van der Waals surface area (Å²) in [6, 6.07) is -5.48. The van der Waals surface area contributed by atoms with Crippen molar-refractivity contribution in [3.8, 4) is 0 Å². The monoisotopic (exact) mass is 514 g/mol. The zero-order valence-corrected chi connectivity index (χ0v) is 19.8. The van der Waals surface area contributed by atoms with Crippen LogP contribution in [0.2, 0.25) is 0 Å². The predicted molar refractivity (Wildman–Crippen MR) is 124 cm³/mol. The smallest absolute Gasteiger partial charge is 0.326 e. The van der Waals surface area contributed by atoms with E-state index in [0.29, 0.717) is 17.9 Å². The number of carbonyl (C=O) groups is 6. The normalized spacial score (nSPS) is 14.1. The molecule has 0 bridgehead atoms. The number of amides is 5. The average molecular weight is 515 g/mol. The van der Waals surface area contributed by atoms with Gasteiger partial charge in [0.15, 0.2) is 0 Å². The van der Waals surface area contributed by atoms with Gasteiger partial charge in [-0.25, -0.2) is 9.78 Å². The summed E-state index contributed by atoms with van der Waals surface area (Å²) in [5.41, 5.74) is 16.5. The first-order valence-corrected chi connectivity index (χ1v) is 11.8. The molecular weight excluding hydrogens is 484 g/mol. The number of aromatic nitrogens is 2. The summed E-state index contributed by atoms with van der Waals surface area (Å²) < 4.78 is 0. The molecular formula is C19H30N8O7S. The minimum atomic E-state index is -1.60. The van der Waals surface area contributed by atoms with Crippen molar-refractivity contribution in [3.63, 3.8) is 0 Å². The number of aromatic amines is 1. The van der Waals surface area contributed by atoms with Gasteiger partial charge in [0.1, 0.15) is 18.1 Å². The molecule has 4 unspecified atom stereocenters. The van der Waals surface area contributed by atoms with Gasteiger partial charge in [0.05, 0.1) is 25.2 Å². The second-order valence-electron chi connectivity index (χ2n) is 7.53. The minimum absolute atomic E-state index is 0.160. The van der Waals surface area contributed by atoms with Crippen LogP contribution in [0.3, 0.4) is 0 Å². The van der Waals surface area contributed by atoms with E-state index in [4.69, 9.17) is 17.2 Å². The molecule has 5 amide bonds. The van der Waals surface area contributed by atoms with Crippen molar-refractivity contribution in [3.05, 3.63) is 18.2 Å². The number of hydrogen-bond acceptors (Lipinski definition) is 9. The molecule has 1 heterocycles. The van der Waals surface area contributed by atoms with E-state index in [2.05, 4.69) is 25.9 Å². The van der Waals surface area contributed by atoms with E-state index in [1.54, 1.807) is 0 Å². The molecule has 1 aromatic heterocycles. The quantitative estimate of drug-likeness (QED) is 0.107. The number of hydrogen-bond donors (Lipinski definition) is 8. The maximum absolute atomic E-state index is 12.8. The number of H-pyrrole nitrogens is 1. The lowest BCUT2D eigenvalue weighted by atomic mass is 10.1. The number of nitrogens with zero attached hydrogens (tertiary/aromatic N) is 1. The van der Waals surface area contributed by atoms with Crippen LogP contribution >= 0.6 is 11.8 Å². The minimum Gasteiger partial charge on any atom is -0.480 e. The van der Waals surface area contributed by atoms with Crippen LogP contribution in [0.4, 0.5) is 0 Å². The molecule has 15 nitrogen and oxygen atoms in total. The Hall–Kier alpha value is -3.66. The maximum Gasteiger partial charge on any atom is 0.326 e. The van der Waals surface area contributed by atoms with Gasteiger partial charge in [-0.15, -0.1) is 0 Å². The Morgan fingerprint density at radius 2 is 1.49 bits per heavy atom. The first-order valence-electron chi connectivity index (χ1n) is 10.4. The van der Waals surface area contributed by atoms with Crippen molar-refractivity contribution in [1.29, 1.82) is 0 Å². The summed E-state index contributed by atoms with van der Waals surface area (Å²) in [5.74, 6) is -5.46. The van der Waals surface area contributed by atoms with Crippen molar-refractivity contribution in [1.82, 2.24) is 25.9 Å². The van der Waals surface area contributed by atoms with Gasteiger partial charge in [-0.2, -0.15) is 11.8 Å². The van der Waals surface area contributed by atoms with Crippen molar-refractivity contribution in [2.75, 3.05) is 12.0 Å². The standard InChI is InChI=1S/C19H30N8O7S/c1-35-3-2-10(20)16(30)25-11(5-14(21)28)17(31)26-12(6-15(22)29)18(32)27-13(19(33)34)4-9-7-23-8-24-9/h7-8,10-13H,2-6,20H2,1H3,(H2,21,28)(H2,22,29)(H,23,24)(H,25,30)(H,26,31)(H,27,32)(H,33,34). The summed E-state index contributed by atoms with van der Waals surface area (Å²) in [5, 5.41) is 16.2. The van der Waals surface area contributed by atoms with Crippen LogP contribution in [-0.4, -0.2) is 86.8 Å². The second kappa shape index (κ2) is 14.6. The number of primary amides is 2. The Kier molecular flexibility index (Phi) is 12.2. The van der Waals surface area contributed by atoms with Gasteiger partial charge in [0.2, 0.25) is 29.5 Å². The van der Waals surface area contributed by atoms with Crippen LogP contribution in [0, 0.1) is 0 Å². The third kappa shape index (κ3) is 10.9. The molecule has 0 radical (unpaired) electrons. The van der Waals surface area contributed by atoms with Gasteiger partial charge >= 0.3 is 5.97 Å². The Labute approximate surface area is 204 Å². The molecule has 1 aromatic rings. The fourth-order valence-electron chi connectivity index (χ4n) is 2.84. The highest BCUT2D eigenvalue weighted by molar-refractivity contribution is 7.98. The van der Waals surface area contributed by atoms with Crippen LogP contribution in [-0.2, 0) is 35.2 Å². The van der Waals surface area contributed by atoms with Crippen LogP contribution in [0.1, 0.15) is 25.0 Å². The Balaban J connectivity index is 2.97. The summed E-state index contributed by atoms with van der Waals surface area (Å²) in [7, 11) is 0. The molecule has 16 heteroatoms. The van der Waals surface area contributed by atoms with Crippen LogP contribution in [0.15, 0.2) is 12.5 Å². The topological polar surface area (TPSA) is 265 Å². The summed E-state index contributed by atoms with van der Waals surface area (Å²) in [6.07, 6.45) is 3.36. The molecule has 0 spiro atoms. The van der Waals surface area contributed by atoms with Crippen molar-refractivity contribution in [2.45, 2.75) is 49.9 Å². The summed E-state index contributed by atoms with van der Waals surface area (Å²) in [6.45, 7) is 0. The lowest BCUT2D eigenvalue weighted by molar-refractivity contribution is -0.142. The number of imidazole rings is 1. The number of nitrogens with one attached hydrogen (secondary N) is 4. The molecule has 0 aliphatic rings. The van der Waals surface area contributed by atoms with Crippen molar-refractivity contribution in [2.24, 2.45) is 17.2 Å². The maximum atomic E-state index is 12.8. The second-order valence-corrected chi connectivity index (χ2v) is 8.52. The lowest BCUT2D eigenvalue weighted by Gasteiger charge is -2.24. The number of carboxylic acid groups (broad SMARTS) is 1. The van der Waals surface area contributed by atoms with E-state index in [9.17, 15) is 33.9 Å². The molecule has 194 valence electrons. The number of carbonyl (C=O) groups excluding carboxylic acids is 5. The highest BCUT2D eigenvalue weighted by Gasteiger charge is 2.32. The summed E-state index contributed by atoms with van der Waals surface area (Å²) >= 11 is 1.46. The lowest BCUT2D eigenvalue weighted by Crippen LogP contribution is -2.58. The van der Waals surface area contributed by atoms with Gasteiger partial charge in [-0.1, -0.05) is 0 Å². The van der Waals surface area contributed by atoms with Crippen LogP contribution in [0.25, 0.3) is 0 Å². The van der Waals surface area contributed by atoms with E-state index in [-0.39, 0.29) is 6.42 Å². The van der Waals surface area contributed by atoms with E-state index in [0.717, 1.165) is 0 Å². The average Bonchev–Trinajstić information content (AvgIpc) is 3.28. The first-order chi connectivity index (χ1) is 16.4. The van der Waals surface area contributed by atoms with Gasteiger partial charge in [-0.3, -0.25) is 24.0 Å². The zero-order valence-electron chi connectivity index (χ0n) is 19.0. The Bertz CT molecular complexity index is 911. The largest absolute Gasteiger partial charge is 0.480 e. The van der Waals surface area contributed by atoms with E-state index >= 15 is 0 Å². The summed E-state index contributed by atoms with van der Waals surface area (Å²) in [4.78, 5) is 78.8. The van der Waals surface area contributed by atoms with E-state index in [1.165, 1.54) is 24.3 Å². The SMILES string of the molecule is CSCCC(N)C(=O)NC(CC(N)=O)C(=O)NC(CC(N)=O)C(=O)NC(Cc1cnc[nH]1)C(=O)O. The number of rotatable bonds is 16. The molecule has 0 saturated heterocycles. The van der Waals surface area contributed by atoms with Crippen LogP contribution < -0.4 is 33.2 Å². The number of thioether (sulfide) groups is 1. The first kappa shape index (κ1) is 29.4. The molecule has 1 rings (SSSR count). The Morgan fingerprint density at radius 1 is 0.971 bits per heavy atom. The number of carboxylic acids is 1. The molecule has 35 heavy (non-hydrogen) atoms. The highest BCUT2D eigenvalue weighted by atomic mass is 32.2. The molecule has 0 saturated carbocycles. The molecule has 11 N–H and O–H groups in total. The molecule has 0 aliphatic heterocycles. The van der Waals surface area contributed by atoms with E-state index < -0.39 is 72.5 Å². The molecule has 0 fully saturated rings. The van der Waals surface area contributed by atoms with Crippen molar-refractivity contribution >= 4 is 47.3 Å². The fourth-order valence-corrected chi connectivity index (χ4v) is 3.33. The Morgan fingerprint density at radius 3 is 1.91 bits per heavy atom. The van der Waals surface area contributed by atoms with Gasteiger partial charge in [0.25, 0.3) is 0 Å². The van der Waals surface area contributed by atoms with Gasteiger partial charge in [0, 0.05) is 18.3 Å². The van der Waals surface area contributed by atoms with E-state index in [1.807, 2.05) is 6.26 Å². The van der Waals surface area contributed by atoms with Crippen LogP contribution in [0.5, 0.6) is 0 Å². The third-order valence-corrected chi connectivity index (χ3v) is 5.28. The fraction of sp³-hybridized carbons (Fsp3) is 0.526.